The summed E-state index contributed by atoms with van der Waals surface area (Å²) >= 11 is 0. The Kier molecular flexibility index (Phi) is 11.7. The van der Waals surface area contributed by atoms with Crippen LogP contribution in [0.5, 0.6) is 0 Å². The third kappa shape index (κ3) is 8.04. The minimum absolute atomic E-state index is 0.184. The Hall–Kier alpha value is -3.47. The summed E-state index contributed by atoms with van der Waals surface area (Å²) in [6, 6.07) is 67.4. The predicted molar refractivity (Wildman–Crippen MR) is 215 cm³/mol. The topological polar surface area (TPSA) is 6.48 Å². The van der Waals surface area contributed by atoms with E-state index in [9.17, 15) is 0 Å². The second-order valence-electron chi connectivity index (χ2n) is 12.7. The van der Waals surface area contributed by atoms with E-state index in [0.29, 0.717) is 6.04 Å². The van der Waals surface area contributed by atoms with Crippen molar-refractivity contribution in [3.05, 3.63) is 182 Å². The molecule has 6 aromatic rings. The molecule has 0 aliphatic heterocycles. The maximum absolute atomic E-state index is 2.94. The van der Waals surface area contributed by atoms with Crippen LogP contribution in [0.1, 0.15) is 27.2 Å². The minimum atomic E-state index is -0.893. The van der Waals surface area contributed by atoms with E-state index >= 15 is 0 Å². The smallest absolute Gasteiger partial charge is 0.0328 e. The minimum Gasteiger partial charge on any atom is -0.275 e. The summed E-state index contributed by atoms with van der Waals surface area (Å²) in [6.07, 6.45) is 0.999. The standard InChI is InChI=1S/C43H45N2P3/c1-36(44(4)46(37-23-11-5-12-24-37)38-25-13-6-14-26-38)35-43(2,3)45(47(39-27-15-7-16-28-39)40-29-17-8-18-30-40)48(41-31-19-9-20-32-41)42-33-21-10-22-34-42/h5-34,36H,35H2,1-4H3. The fraction of sp³-hybridized carbons (Fsp3) is 0.163. The van der Waals surface area contributed by atoms with Crippen LogP contribution in [0.2, 0.25) is 0 Å². The molecule has 0 N–H and O–H groups in total. The molecule has 0 aliphatic carbocycles. The fourth-order valence-corrected chi connectivity index (χ4v) is 15.3. The largest absolute Gasteiger partial charge is 0.275 e. The number of benzene rings is 6. The highest BCUT2D eigenvalue weighted by molar-refractivity contribution is 7.84. The average molecular weight is 683 g/mol. The maximum Gasteiger partial charge on any atom is 0.0328 e. The molecule has 1 atom stereocenters. The molecule has 0 fully saturated rings. The lowest BCUT2D eigenvalue weighted by atomic mass is 9.97. The van der Waals surface area contributed by atoms with Gasteiger partial charge in [0, 0.05) is 35.8 Å². The zero-order valence-corrected chi connectivity index (χ0v) is 31.0. The van der Waals surface area contributed by atoms with E-state index in [1.165, 1.54) is 31.8 Å². The van der Waals surface area contributed by atoms with Gasteiger partial charge in [0.25, 0.3) is 0 Å². The van der Waals surface area contributed by atoms with E-state index in [0.717, 1.165) is 6.42 Å². The van der Waals surface area contributed by atoms with Crippen molar-refractivity contribution in [3.63, 3.8) is 0 Å². The Morgan fingerprint density at radius 3 is 0.896 bits per heavy atom. The van der Waals surface area contributed by atoms with Crippen LogP contribution >= 0.6 is 24.2 Å². The summed E-state index contributed by atoms with van der Waals surface area (Å²) in [4.78, 5) is 0. The molecule has 6 aromatic carbocycles. The van der Waals surface area contributed by atoms with Gasteiger partial charge in [-0.05, 0) is 66.1 Å². The second-order valence-corrected chi connectivity index (χ2v) is 19.4. The van der Waals surface area contributed by atoms with Crippen molar-refractivity contribution in [1.82, 2.24) is 9.11 Å². The predicted octanol–water partition coefficient (Wildman–Crippen LogP) is 8.92. The molecule has 0 heterocycles. The first kappa shape index (κ1) is 34.4. The number of hydrogen-bond donors (Lipinski definition) is 0. The van der Waals surface area contributed by atoms with E-state index < -0.39 is 24.2 Å². The van der Waals surface area contributed by atoms with Gasteiger partial charge in [0.1, 0.15) is 0 Å². The maximum atomic E-state index is 2.94. The number of nitrogens with zero attached hydrogens (tertiary/aromatic N) is 2. The van der Waals surface area contributed by atoms with Gasteiger partial charge in [-0.1, -0.05) is 182 Å². The molecule has 6 rings (SSSR count). The Labute approximate surface area is 291 Å². The van der Waals surface area contributed by atoms with Gasteiger partial charge in [-0.3, -0.25) is 4.67 Å². The molecule has 48 heavy (non-hydrogen) atoms. The Balaban J connectivity index is 1.49. The zero-order valence-electron chi connectivity index (χ0n) is 28.3. The average Bonchev–Trinajstić information content (AvgIpc) is 3.14. The van der Waals surface area contributed by atoms with E-state index in [4.69, 9.17) is 0 Å². The normalized spacial score (nSPS) is 12.7. The molecule has 0 spiro atoms. The fourth-order valence-electron chi connectivity index (χ4n) is 6.43. The summed E-state index contributed by atoms with van der Waals surface area (Å²) < 4.78 is 5.59. The molecular formula is C43H45N2P3. The quantitative estimate of drug-likeness (QED) is 0.112. The van der Waals surface area contributed by atoms with Gasteiger partial charge in [0.05, 0.1) is 0 Å². The lowest BCUT2D eigenvalue weighted by molar-refractivity contribution is 0.261. The first-order chi connectivity index (χ1) is 23.4. The van der Waals surface area contributed by atoms with Gasteiger partial charge >= 0.3 is 0 Å². The first-order valence-corrected chi connectivity index (χ1v) is 20.6. The van der Waals surface area contributed by atoms with Crippen LogP contribution in [-0.4, -0.2) is 27.7 Å². The van der Waals surface area contributed by atoms with E-state index in [2.05, 4.69) is 219 Å². The van der Waals surface area contributed by atoms with Crippen molar-refractivity contribution in [2.24, 2.45) is 0 Å². The monoisotopic (exact) mass is 682 g/mol. The van der Waals surface area contributed by atoms with Gasteiger partial charge < -0.3 is 0 Å². The molecule has 2 nitrogen and oxygen atoms in total. The van der Waals surface area contributed by atoms with Gasteiger partial charge in [0.15, 0.2) is 0 Å². The molecule has 242 valence electrons. The summed E-state index contributed by atoms with van der Waals surface area (Å²) in [5, 5.41) is 8.28. The van der Waals surface area contributed by atoms with E-state index in [-0.39, 0.29) is 5.54 Å². The van der Waals surface area contributed by atoms with Gasteiger partial charge in [-0.15, -0.1) is 0 Å². The summed E-state index contributed by atoms with van der Waals surface area (Å²) in [6.45, 7) is 7.42. The Bertz CT molecular complexity index is 1600. The summed E-state index contributed by atoms with van der Waals surface area (Å²) in [5.74, 6) is 0. The van der Waals surface area contributed by atoms with E-state index in [1.807, 2.05) is 0 Å². The first-order valence-electron chi connectivity index (χ1n) is 16.7. The van der Waals surface area contributed by atoms with Crippen molar-refractivity contribution in [3.8, 4) is 0 Å². The van der Waals surface area contributed by atoms with Crippen LogP contribution in [0.3, 0.4) is 0 Å². The zero-order chi connectivity index (χ0) is 33.3. The summed E-state index contributed by atoms with van der Waals surface area (Å²) in [7, 11) is -0.152. The van der Waals surface area contributed by atoms with Crippen LogP contribution in [-0.2, 0) is 0 Å². The van der Waals surface area contributed by atoms with Crippen LogP contribution in [0.4, 0.5) is 0 Å². The van der Waals surface area contributed by atoms with Crippen molar-refractivity contribution < 1.29 is 0 Å². The molecule has 0 radical (unpaired) electrons. The highest BCUT2D eigenvalue weighted by Gasteiger charge is 2.42. The molecule has 0 aliphatic rings. The van der Waals surface area contributed by atoms with Crippen molar-refractivity contribution in [2.45, 2.75) is 38.8 Å². The number of rotatable bonds is 13. The molecule has 0 saturated heterocycles. The molecule has 0 aromatic heterocycles. The molecule has 0 saturated carbocycles. The molecule has 0 bridgehead atoms. The second kappa shape index (κ2) is 16.3. The third-order valence-corrected chi connectivity index (χ3v) is 17.3. The van der Waals surface area contributed by atoms with Crippen LogP contribution in [0, 0.1) is 0 Å². The Morgan fingerprint density at radius 2 is 0.646 bits per heavy atom. The molecule has 5 heteroatoms. The highest BCUT2D eigenvalue weighted by atomic mass is 31.2. The van der Waals surface area contributed by atoms with Gasteiger partial charge in [-0.2, -0.15) is 0 Å². The van der Waals surface area contributed by atoms with Crippen LogP contribution in [0.15, 0.2) is 182 Å². The third-order valence-electron chi connectivity index (χ3n) is 8.67. The van der Waals surface area contributed by atoms with E-state index in [1.54, 1.807) is 0 Å². The lowest BCUT2D eigenvalue weighted by Crippen LogP contribution is -2.48. The summed E-state index contributed by atoms with van der Waals surface area (Å²) in [5.41, 5.74) is -0.184. The molecule has 1 unspecified atom stereocenters. The number of hydrogen-bond acceptors (Lipinski definition) is 2. The molecule has 0 amide bonds. The lowest BCUT2D eigenvalue weighted by Gasteiger charge is -2.50. The highest BCUT2D eigenvalue weighted by Crippen LogP contribution is 2.60. The Morgan fingerprint density at radius 1 is 0.417 bits per heavy atom. The van der Waals surface area contributed by atoms with Crippen LogP contribution < -0.4 is 31.8 Å². The SMILES string of the molecule is CC(CC(C)(C)N(P(c1ccccc1)c1ccccc1)P(c1ccccc1)c1ccccc1)N(C)P(c1ccccc1)c1ccccc1. The van der Waals surface area contributed by atoms with Gasteiger partial charge in [0.2, 0.25) is 0 Å². The van der Waals surface area contributed by atoms with Crippen molar-refractivity contribution >= 4 is 56.0 Å². The van der Waals surface area contributed by atoms with Crippen molar-refractivity contribution in [1.29, 1.82) is 0 Å². The van der Waals surface area contributed by atoms with Crippen LogP contribution in [0.25, 0.3) is 0 Å². The van der Waals surface area contributed by atoms with Crippen molar-refractivity contribution in [2.75, 3.05) is 7.05 Å². The van der Waals surface area contributed by atoms with Gasteiger partial charge in [-0.25, -0.2) is 4.44 Å². The molecular weight excluding hydrogens is 637 g/mol.